The van der Waals surface area contributed by atoms with Crippen LogP contribution in [0.3, 0.4) is 0 Å². The maximum atomic E-state index is 13.1. The van der Waals surface area contributed by atoms with Crippen molar-refractivity contribution in [1.29, 1.82) is 0 Å². The molecular formula is C15H14F2N2O. The first-order valence-corrected chi connectivity index (χ1v) is 6.10. The number of para-hydroxylation sites is 1. The first kappa shape index (κ1) is 14.0. The zero-order chi connectivity index (χ0) is 14.5. The lowest BCUT2D eigenvalue weighted by molar-refractivity contribution is -0.114. The summed E-state index contributed by atoms with van der Waals surface area (Å²) in [7, 11) is 0. The van der Waals surface area contributed by atoms with Crippen molar-refractivity contribution in [2.24, 2.45) is 0 Å². The van der Waals surface area contributed by atoms with Crippen molar-refractivity contribution in [2.75, 3.05) is 10.6 Å². The molecule has 0 fully saturated rings. The van der Waals surface area contributed by atoms with Gasteiger partial charge in [0.05, 0.1) is 0 Å². The number of halogens is 2. The Morgan fingerprint density at radius 3 is 2.55 bits per heavy atom. The van der Waals surface area contributed by atoms with Crippen LogP contribution in [0.4, 0.5) is 20.2 Å². The largest absolute Gasteiger partial charge is 0.381 e. The van der Waals surface area contributed by atoms with Gasteiger partial charge in [0.1, 0.15) is 0 Å². The second-order valence-corrected chi connectivity index (χ2v) is 4.32. The summed E-state index contributed by atoms with van der Waals surface area (Å²) >= 11 is 0. The molecule has 104 valence electrons. The minimum Gasteiger partial charge on any atom is -0.381 e. The average molecular weight is 276 g/mol. The molecule has 3 nitrogen and oxygen atoms in total. The molecule has 20 heavy (non-hydrogen) atoms. The summed E-state index contributed by atoms with van der Waals surface area (Å²) in [6.45, 7) is 1.82. The van der Waals surface area contributed by atoms with Gasteiger partial charge in [0, 0.05) is 30.9 Å². The molecule has 0 radical (unpaired) electrons. The van der Waals surface area contributed by atoms with E-state index in [1.54, 1.807) is 6.07 Å². The smallest absolute Gasteiger partial charge is 0.221 e. The Balaban J connectivity index is 2.10. The third-order valence-electron chi connectivity index (χ3n) is 2.73. The maximum absolute atomic E-state index is 13.1. The summed E-state index contributed by atoms with van der Waals surface area (Å²) in [4.78, 5) is 11.1. The highest BCUT2D eigenvalue weighted by Gasteiger charge is 2.05. The number of nitrogens with one attached hydrogen (secondary N) is 2. The van der Waals surface area contributed by atoms with Crippen LogP contribution in [0.1, 0.15) is 12.5 Å². The Kier molecular flexibility index (Phi) is 4.30. The minimum atomic E-state index is -0.898. The Morgan fingerprint density at radius 2 is 1.85 bits per heavy atom. The molecule has 2 aromatic rings. The Hall–Kier alpha value is -2.43. The fourth-order valence-corrected chi connectivity index (χ4v) is 1.79. The standard InChI is InChI=1S/C15H14F2N2O/c1-10(20)19-15-5-3-2-4-11(15)9-18-12-6-7-13(16)14(17)8-12/h2-8,18H,9H2,1H3,(H,19,20). The van der Waals surface area contributed by atoms with Crippen molar-refractivity contribution in [3.63, 3.8) is 0 Å². The molecule has 2 aromatic carbocycles. The predicted octanol–water partition coefficient (Wildman–Crippen LogP) is 3.54. The SMILES string of the molecule is CC(=O)Nc1ccccc1CNc1ccc(F)c(F)c1. The molecule has 0 aliphatic heterocycles. The fourth-order valence-electron chi connectivity index (χ4n) is 1.79. The Bertz CT molecular complexity index is 629. The molecule has 0 saturated heterocycles. The normalized spacial score (nSPS) is 10.2. The first-order chi connectivity index (χ1) is 9.56. The van der Waals surface area contributed by atoms with E-state index in [2.05, 4.69) is 10.6 Å². The average Bonchev–Trinajstić information content (AvgIpc) is 2.41. The van der Waals surface area contributed by atoms with Gasteiger partial charge in [-0.1, -0.05) is 18.2 Å². The van der Waals surface area contributed by atoms with Crippen LogP contribution in [-0.2, 0) is 11.3 Å². The zero-order valence-electron chi connectivity index (χ0n) is 10.9. The second kappa shape index (κ2) is 6.14. The highest BCUT2D eigenvalue weighted by Crippen LogP contribution is 2.18. The van der Waals surface area contributed by atoms with Crippen LogP contribution in [0.15, 0.2) is 42.5 Å². The van der Waals surface area contributed by atoms with Gasteiger partial charge in [0.15, 0.2) is 11.6 Å². The first-order valence-electron chi connectivity index (χ1n) is 6.10. The summed E-state index contributed by atoms with van der Waals surface area (Å²) in [6, 6.07) is 10.9. The van der Waals surface area contributed by atoms with Crippen molar-refractivity contribution in [3.05, 3.63) is 59.7 Å². The van der Waals surface area contributed by atoms with Crippen molar-refractivity contribution >= 4 is 17.3 Å². The van der Waals surface area contributed by atoms with Crippen LogP contribution in [0, 0.1) is 11.6 Å². The second-order valence-electron chi connectivity index (χ2n) is 4.32. The molecule has 0 spiro atoms. The molecule has 0 unspecified atom stereocenters. The molecule has 0 aliphatic carbocycles. The van der Waals surface area contributed by atoms with Crippen molar-refractivity contribution in [1.82, 2.24) is 0 Å². The zero-order valence-corrected chi connectivity index (χ0v) is 10.9. The number of amides is 1. The number of hydrogen-bond acceptors (Lipinski definition) is 2. The van der Waals surface area contributed by atoms with Crippen LogP contribution < -0.4 is 10.6 Å². The fraction of sp³-hybridized carbons (Fsp3) is 0.133. The molecule has 0 atom stereocenters. The number of benzene rings is 2. The van der Waals surface area contributed by atoms with E-state index < -0.39 is 11.6 Å². The van der Waals surface area contributed by atoms with Crippen LogP contribution in [-0.4, -0.2) is 5.91 Å². The molecule has 0 heterocycles. The maximum Gasteiger partial charge on any atom is 0.221 e. The van der Waals surface area contributed by atoms with Crippen molar-refractivity contribution < 1.29 is 13.6 Å². The molecule has 2 rings (SSSR count). The third kappa shape index (κ3) is 3.54. The number of hydrogen-bond donors (Lipinski definition) is 2. The lowest BCUT2D eigenvalue weighted by atomic mass is 10.1. The molecule has 1 amide bonds. The monoisotopic (exact) mass is 276 g/mol. The van der Waals surface area contributed by atoms with Crippen LogP contribution >= 0.6 is 0 Å². The summed E-state index contributed by atoms with van der Waals surface area (Å²) in [5.41, 5.74) is 2.02. The van der Waals surface area contributed by atoms with Gasteiger partial charge < -0.3 is 10.6 Å². The number of carbonyl (C=O) groups is 1. The molecule has 0 aliphatic rings. The van der Waals surface area contributed by atoms with Gasteiger partial charge in [0.25, 0.3) is 0 Å². The lowest BCUT2D eigenvalue weighted by Gasteiger charge is -2.11. The van der Waals surface area contributed by atoms with E-state index in [1.807, 2.05) is 18.2 Å². The number of anilines is 2. The summed E-state index contributed by atoms with van der Waals surface area (Å²) in [5, 5.41) is 5.70. The Labute approximate surface area is 115 Å². The lowest BCUT2D eigenvalue weighted by Crippen LogP contribution is -2.10. The van der Waals surface area contributed by atoms with E-state index >= 15 is 0 Å². The van der Waals surface area contributed by atoms with E-state index in [1.165, 1.54) is 13.0 Å². The highest BCUT2D eigenvalue weighted by atomic mass is 19.2. The van der Waals surface area contributed by atoms with E-state index in [0.717, 1.165) is 17.7 Å². The van der Waals surface area contributed by atoms with E-state index in [4.69, 9.17) is 0 Å². The third-order valence-corrected chi connectivity index (χ3v) is 2.73. The quantitative estimate of drug-likeness (QED) is 0.896. The van der Waals surface area contributed by atoms with Crippen LogP contribution in [0.2, 0.25) is 0 Å². The van der Waals surface area contributed by atoms with E-state index in [-0.39, 0.29) is 5.91 Å². The van der Waals surface area contributed by atoms with Crippen LogP contribution in [0.25, 0.3) is 0 Å². The number of rotatable bonds is 4. The summed E-state index contributed by atoms with van der Waals surface area (Å²) in [6.07, 6.45) is 0. The van der Waals surface area contributed by atoms with Gasteiger partial charge in [-0.15, -0.1) is 0 Å². The summed E-state index contributed by atoms with van der Waals surface area (Å²) in [5.74, 6) is -1.94. The van der Waals surface area contributed by atoms with Gasteiger partial charge in [0.2, 0.25) is 5.91 Å². The predicted molar refractivity (Wildman–Crippen MR) is 74.4 cm³/mol. The van der Waals surface area contributed by atoms with Gasteiger partial charge in [-0.3, -0.25) is 4.79 Å². The molecule has 0 saturated carbocycles. The van der Waals surface area contributed by atoms with Gasteiger partial charge in [-0.2, -0.15) is 0 Å². The van der Waals surface area contributed by atoms with Gasteiger partial charge in [-0.25, -0.2) is 8.78 Å². The number of carbonyl (C=O) groups excluding carboxylic acids is 1. The topological polar surface area (TPSA) is 41.1 Å². The van der Waals surface area contributed by atoms with E-state index in [9.17, 15) is 13.6 Å². The molecule has 5 heteroatoms. The van der Waals surface area contributed by atoms with Crippen LogP contribution in [0.5, 0.6) is 0 Å². The van der Waals surface area contributed by atoms with Gasteiger partial charge >= 0.3 is 0 Å². The highest BCUT2D eigenvalue weighted by molar-refractivity contribution is 5.89. The minimum absolute atomic E-state index is 0.162. The van der Waals surface area contributed by atoms with Crippen molar-refractivity contribution in [3.8, 4) is 0 Å². The molecule has 0 bridgehead atoms. The van der Waals surface area contributed by atoms with Gasteiger partial charge in [-0.05, 0) is 23.8 Å². The molecule has 2 N–H and O–H groups in total. The molecular weight excluding hydrogens is 262 g/mol. The van der Waals surface area contributed by atoms with Crippen molar-refractivity contribution in [2.45, 2.75) is 13.5 Å². The van der Waals surface area contributed by atoms with E-state index in [0.29, 0.717) is 17.9 Å². The summed E-state index contributed by atoms with van der Waals surface area (Å²) < 4.78 is 25.9. The Morgan fingerprint density at radius 1 is 1.10 bits per heavy atom. The molecule has 0 aromatic heterocycles.